The van der Waals surface area contributed by atoms with Gasteiger partial charge in [-0.05, 0) is 32.3 Å². The molecular formula is C13H21NO. The van der Waals surface area contributed by atoms with Crippen LogP contribution < -0.4 is 5.73 Å². The molecule has 0 aliphatic carbocycles. The highest BCUT2D eigenvalue weighted by Gasteiger charge is 2.25. The molecule has 2 N–H and O–H groups in total. The Kier molecular flexibility index (Phi) is 4.30. The Bertz CT molecular complexity index is 282. The van der Waals surface area contributed by atoms with Gasteiger partial charge in [0.1, 0.15) is 0 Å². The van der Waals surface area contributed by atoms with Crippen LogP contribution in [0.4, 0.5) is 0 Å². The molecule has 0 aliphatic rings. The second-order valence-corrected chi connectivity index (χ2v) is 4.44. The zero-order valence-corrected chi connectivity index (χ0v) is 9.86. The Morgan fingerprint density at radius 1 is 1.27 bits per heavy atom. The summed E-state index contributed by atoms with van der Waals surface area (Å²) in [6.07, 6.45) is 1.96. The molecule has 0 bridgehead atoms. The molecule has 1 aromatic carbocycles. The van der Waals surface area contributed by atoms with E-state index in [2.05, 4.69) is 24.3 Å². The quantitative estimate of drug-likeness (QED) is 0.804. The van der Waals surface area contributed by atoms with E-state index in [0.717, 1.165) is 12.8 Å². The Morgan fingerprint density at radius 3 is 2.40 bits per heavy atom. The van der Waals surface area contributed by atoms with Gasteiger partial charge in [-0.2, -0.15) is 0 Å². The summed E-state index contributed by atoms with van der Waals surface area (Å²) in [5.74, 6) is 0. The Hall–Kier alpha value is -0.860. The maximum absolute atomic E-state index is 6.08. The smallest absolute Gasteiger partial charge is 0.0773 e. The molecule has 2 heteroatoms. The standard InChI is InChI=1S/C13H21NO/c1-13(2,15-3)12(14)10-9-11-7-5-4-6-8-11/h4-8,12H,9-10,14H2,1-3H3. The normalized spacial score (nSPS) is 13.9. The van der Waals surface area contributed by atoms with Crippen molar-refractivity contribution in [2.45, 2.75) is 38.3 Å². The molecule has 0 amide bonds. The fourth-order valence-corrected chi connectivity index (χ4v) is 1.47. The summed E-state index contributed by atoms with van der Waals surface area (Å²) in [4.78, 5) is 0. The summed E-state index contributed by atoms with van der Waals surface area (Å²) in [5.41, 5.74) is 7.18. The summed E-state index contributed by atoms with van der Waals surface area (Å²) in [6, 6.07) is 10.5. The van der Waals surface area contributed by atoms with E-state index in [4.69, 9.17) is 10.5 Å². The molecule has 15 heavy (non-hydrogen) atoms. The number of benzene rings is 1. The molecule has 0 aliphatic heterocycles. The lowest BCUT2D eigenvalue weighted by Crippen LogP contribution is -2.44. The first-order valence-corrected chi connectivity index (χ1v) is 5.41. The first kappa shape index (κ1) is 12.2. The van der Waals surface area contributed by atoms with Gasteiger partial charge in [-0.15, -0.1) is 0 Å². The SMILES string of the molecule is COC(C)(C)C(N)CCc1ccccc1. The van der Waals surface area contributed by atoms with E-state index in [1.54, 1.807) is 7.11 Å². The van der Waals surface area contributed by atoms with Crippen molar-refractivity contribution in [3.05, 3.63) is 35.9 Å². The van der Waals surface area contributed by atoms with Gasteiger partial charge in [0, 0.05) is 13.2 Å². The first-order chi connectivity index (χ1) is 7.06. The van der Waals surface area contributed by atoms with E-state index in [1.807, 2.05) is 19.9 Å². The largest absolute Gasteiger partial charge is 0.377 e. The van der Waals surface area contributed by atoms with Gasteiger partial charge in [-0.1, -0.05) is 30.3 Å². The Balaban J connectivity index is 2.44. The van der Waals surface area contributed by atoms with E-state index < -0.39 is 0 Å². The zero-order chi connectivity index (χ0) is 11.3. The van der Waals surface area contributed by atoms with Crippen LogP contribution in [-0.4, -0.2) is 18.8 Å². The fourth-order valence-electron chi connectivity index (χ4n) is 1.47. The molecule has 0 fully saturated rings. The van der Waals surface area contributed by atoms with E-state index in [0.29, 0.717) is 0 Å². The molecule has 0 spiro atoms. The number of methoxy groups -OCH3 is 1. The van der Waals surface area contributed by atoms with Crippen LogP contribution in [0.25, 0.3) is 0 Å². The molecule has 2 nitrogen and oxygen atoms in total. The van der Waals surface area contributed by atoms with Crippen molar-refractivity contribution in [1.29, 1.82) is 0 Å². The predicted octanol–water partition coefficient (Wildman–Crippen LogP) is 2.37. The highest BCUT2D eigenvalue weighted by atomic mass is 16.5. The second-order valence-electron chi connectivity index (χ2n) is 4.44. The summed E-state index contributed by atoms with van der Waals surface area (Å²) in [5, 5.41) is 0. The minimum absolute atomic E-state index is 0.0720. The lowest BCUT2D eigenvalue weighted by molar-refractivity contribution is -0.00132. The van der Waals surface area contributed by atoms with Crippen LogP contribution in [0, 0.1) is 0 Å². The number of hydrogen-bond acceptors (Lipinski definition) is 2. The predicted molar refractivity (Wildman–Crippen MR) is 63.8 cm³/mol. The minimum Gasteiger partial charge on any atom is -0.377 e. The molecule has 1 unspecified atom stereocenters. The van der Waals surface area contributed by atoms with Crippen LogP contribution in [0.1, 0.15) is 25.8 Å². The third kappa shape index (κ3) is 3.65. The summed E-state index contributed by atoms with van der Waals surface area (Å²) < 4.78 is 5.36. The van der Waals surface area contributed by atoms with Gasteiger partial charge < -0.3 is 10.5 Å². The van der Waals surface area contributed by atoms with Crippen LogP contribution in [0.3, 0.4) is 0 Å². The van der Waals surface area contributed by atoms with Crippen LogP contribution in [0.2, 0.25) is 0 Å². The fraction of sp³-hybridized carbons (Fsp3) is 0.538. The van der Waals surface area contributed by atoms with Gasteiger partial charge in [0.2, 0.25) is 0 Å². The van der Waals surface area contributed by atoms with Crippen LogP contribution in [0.15, 0.2) is 30.3 Å². The van der Waals surface area contributed by atoms with E-state index in [1.165, 1.54) is 5.56 Å². The maximum atomic E-state index is 6.08. The van der Waals surface area contributed by atoms with E-state index >= 15 is 0 Å². The van der Waals surface area contributed by atoms with Gasteiger partial charge in [0.15, 0.2) is 0 Å². The third-order valence-electron chi connectivity index (χ3n) is 3.01. The molecular weight excluding hydrogens is 186 g/mol. The van der Waals surface area contributed by atoms with Crippen molar-refractivity contribution < 1.29 is 4.74 Å². The molecule has 0 radical (unpaired) electrons. The highest BCUT2D eigenvalue weighted by Crippen LogP contribution is 2.16. The summed E-state index contributed by atoms with van der Waals surface area (Å²) >= 11 is 0. The van der Waals surface area contributed by atoms with Gasteiger partial charge >= 0.3 is 0 Å². The summed E-state index contributed by atoms with van der Waals surface area (Å²) in [7, 11) is 1.71. The minimum atomic E-state index is -0.241. The van der Waals surface area contributed by atoms with Crippen LogP contribution in [-0.2, 0) is 11.2 Å². The molecule has 0 saturated carbocycles. The lowest BCUT2D eigenvalue weighted by Gasteiger charge is -2.30. The Labute approximate surface area is 92.4 Å². The average Bonchev–Trinajstić information content (AvgIpc) is 2.27. The number of nitrogens with two attached hydrogens (primary N) is 1. The van der Waals surface area contributed by atoms with Crippen LogP contribution in [0.5, 0.6) is 0 Å². The second kappa shape index (κ2) is 5.29. The van der Waals surface area contributed by atoms with Crippen molar-refractivity contribution in [2.75, 3.05) is 7.11 Å². The van der Waals surface area contributed by atoms with Crippen molar-refractivity contribution in [3.8, 4) is 0 Å². The van der Waals surface area contributed by atoms with Gasteiger partial charge in [-0.25, -0.2) is 0 Å². The summed E-state index contributed by atoms with van der Waals surface area (Å²) in [6.45, 7) is 4.06. The molecule has 1 atom stereocenters. The number of rotatable bonds is 5. The first-order valence-electron chi connectivity index (χ1n) is 5.41. The van der Waals surface area contributed by atoms with Crippen molar-refractivity contribution >= 4 is 0 Å². The average molecular weight is 207 g/mol. The lowest BCUT2D eigenvalue weighted by atomic mass is 9.93. The van der Waals surface area contributed by atoms with Gasteiger partial charge in [0.25, 0.3) is 0 Å². The van der Waals surface area contributed by atoms with Gasteiger partial charge in [-0.3, -0.25) is 0 Å². The molecule has 1 rings (SSSR count). The third-order valence-corrected chi connectivity index (χ3v) is 3.01. The number of hydrogen-bond donors (Lipinski definition) is 1. The maximum Gasteiger partial charge on any atom is 0.0773 e. The number of ether oxygens (including phenoxy) is 1. The monoisotopic (exact) mass is 207 g/mol. The molecule has 0 saturated heterocycles. The molecule has 0 heterocycles. The number of aryl methyl sites for hydroxylation is 1. The zero-order valence-electron chi connectivity index (χ0n) is 9.86. The molecule has 84 valence electrons. The van der Waals surface area contributed by atoms with E-state index in [9.17, 15) is 0 Å². The Morgan fingerprint density at radius 2 is 1.87 bits per heavy atom. The van der Waals surface area contributed by atoms with E-state index in [-0.39, 0.29) is 11.6 Å². The van der Waals surface area contributed by atoms with Crippen molar-refractivity contribution in [3.63, 3.8) is 0 Å². The van der Waals surface area contributed by atoms with Gasteiger partial charge in [0.05, 0.1) is 5.60 Å². The molecule has 0 aromatic heterocycles. The highest BCUT2D eigenvalue weighted by molar-refractivity contribution is 5.14. The topological polar surface area (TPSA) is 35.2 Å². The molecule has 1 aromatic rings. The van der Waals surface area contributed by atoms with Crippen molar-refractivity contribution in [2.24, 2.45) is 5.73 Å². The van der Waals surface area contributed by atoms with Crippen LogP contribution >= 0.6 is 0 Å². The van der Waals surface area contributed by atoms with Crippen molar-refractivity contribution in [1.82, 2.24) is 0 Å².